The Labute approximate surface area is 118 Å². The molecule has 104 valence electrons. The van der Waals surface area contributed by atoms with Crippen LogP contribution >= 0.6 is 11.8 Å². The summed E-state index contributed by atoms with van der Waals surface area (Å²) in [4.78, 5) is 26.4. The first-order valence-electron chi connectivity index (χ1n) is 5.71. The fourth-order valence-electron chi connectivity index (χ4n) is 1.48. The van der Waals surface area contributed by atoms with Crippen LogP contribution < -0.4 is 11.1 Å². The van der Waals surface area contributed by atoms with Crippen LogP contribution in [0.25, 0.3) is 0 Å². The molecule has 4 N–H and O–H groups in total. The first-order chi connectivity index (χ1) is 9.56. The van der Waals surface area contributed by atoms with Gasteiger partial charge >= 0.3 is 0 Å². The minimum absolute atomic E-state index is 0.0277. The normalized spacial score (nSPS) is 10.2. The van der Waals surface area contributed by atoms with Crippen molar-refractivity contribution in [3.05, 3.63) is 48.0 Å². The molecule has 0 saturated heterocycles. The molecule has 0 atom stereocenters. The topological polar surface area (TPSA) is 88.0 Å². The number of aromatic nitrogens is 1. The highest BCUT2D eigenvalue weighted by Gasteiger charge is 2.12. The quantitative estimate of drug-likeness (QED) is 0.592. The van der Waals surface area contributed by atoms with E-state index in [9.17, 15) is 14.0 Å². The number of amides is 2. The minimum atomic E-state index is -0.507. The molecule has 0 unspecified atom stereocenters. The minimum Gasteiger partial charge on any atom is -0.398 e. The second-order valence-electron chi connectivity index (χ2n) is 3.93. The van der Waals surface area contributed by atoms with Gasteiger partial charge in [0.15, 0.2) is 0 Å². The number of anilines is 1. The van der Waals surface area contributed by atoms with Crippen molar-refractivity contribution in [1.82, 2.24) is 10.3 Å². The smallest absolute Gasteiger partial charge is 0.274 e. The van der Waals surface area contributed by atoms with Crippen molar-refractivity contribution < 1.29 is 14.0 Å². The Hall–Kier alpha value is -2.28. The molecular formula is C13H12FN3O2S. The van der Waals surface area contributed by atoms with E-state index in [0.29, 0.717) is 16.3 Å². The Morgan fingerprint density at radius 2 is 2.15 bits per heavy atom. The summed E-state index contributed by atoms with van der Waals surface area (Å²) >= 11 is 1.07. The van der Waals surface area contributed by atoms with Crippen LogP contribution in [-0.2, 0) is 4.79 Å². The lowest BCUT2D eigenvalue weighted by Gasteiger charge is -2.05. The summed E-state index contributed by atoms with van der Waals surface area (Å²) in [7, 11) is 0. The molecule has 0 aliphatic heterocycles. The summed E-state index contributed by atoms with van der Waals surface area (Å²) in [5.74, 6) is -1.43. The van der Waals surface area contributed by atoms with Crippen molar-refractivity contribution in [2.75, 3.05) is 11.5 Å². The van der Waals surface area contributed by atoms with E-state index in [1.807, 2.05) is 0 Å². The van der Waals surface area contributed by atoms with Gasteiger partial charge in [-0.15, -0.1) is 11.8 Å². The molecule has 0 aliphatic carbocycles. The summed E-state index contributed by atoms with van der Waals surface area (Å²) in [6, 6.07) is 7.13. The maximum Gasteiger partial charge on any atom is 0.274 e. The molecule has 7 heteroatoms. The maximum atomic E-state index is 13.0. The van der Waals surface area contributed by atoms with Crippen molar-refractivity contribution in [2.24, 2.45) is 0 Å². The molecule has 0 saturated carbocycles. The summed E-state index contributed by atoms with van der Waals surface area (Å²) in [6.07, 6.45) is 1.58. The molecule has 0 fully saturated rings. The van der Waals surface area contributed by atoms with Gasteiger partial charge < -0.3 is 10.7 Å². The van der Waals surface area contributed by atoms with E-state index in [1.165, 1.54) is 18.2 Å². The Kier molecular flexibility index (Phi) is 4.41. The number of nitrogens with two attached hydrogens (primary N) is 1. The third kappa shape index (κ3) is 3.61. The zero-order valence-electron chi connectivity index (χ0n) is 10.4. The average molecular weight is 293 g/mol. The third-order valence-corrected chi connectivity index (χ3v) is 3.50. The largest absolute Gasteiger partial charge is 0.398 e. The Morgan fingerprint density at radius 3 is 2.85 bits per heavy atom. The molecular weight excluding hydrogens is 281 g/mol. The number of aromatic amines is 1. The fourth-order valence-corrected chi connectivity index (χ4v) is 2.27. The van der Waals surface area contributed by atoms with Crippen molar-refractivity contribution in [2.45, 2.75) is 4.90 Å². The van der Waals surface area contributed by atoms with Crippen molar-refractivity contribution >= 4 is 29.3 Å². The van der Waals surface area contributed by atoms with E-state index >= 15 is 0 Å². The summed E-state index contributed by atoms with van der Waals surface area (Å²) < 4.78 is 13.0. The molecule has 1 aromatic heterocycles. The number of hydrogen-bond donors (Lipinski definition) is 3. The molecule has 0 aliphatic rings. The first-order valence-corrected chi connectivity index (χ1v) is 6.70. The molecule has 1 aromatic carbocycles. The number of carbonyl (C=O) groups is 2. The number of thioether (sulfide) groups is 1. The van der Waals surface area contributed by atoms with Crippen molar-refractivity contribution in [3.63, 3.8) is 0 Å². The van der Waals surface area contributed by atoms with Crippen LogP contribution in [0, 0.1) is 5.82 Å². The third-order valence-electron chi connectivity index (χ3n) is 2.43. The molecule has 0 radical (unpaired) electrons. The molecule has 2 rings (SSSR count). The zero-order chi connectivity index (χ0) is 14.5. The van der Waals surface area contributed by atoms with Gasteiger partial charge in [-0.05, 0) is 30.3 Å². The van der Waals surface area contributed by atoms with Gasteiger partial charge in [-0.1, -0.05) is 0 Å². The predicted octanol–water partition coefficient (Wildman–Crippen LogP) is 1.78. The maximum absolute atomic E-state index is 13.0. The molecule has 0 spiro atoms. The number of H-pyrrole nitrogens is 1. The van der Waals surface area contributed by atoms with E-state index in [0.717, 1.165) is 11.8 Å². The summed E-state index contributed by atoms with van der Waals surface area (Å²) in [6.45, 7) is 0. The van der Waals surface area contributed by atoms with Gasteiger partial charge in [0, 0.05) is 16.8 Å². The van der Waals surface area contributed by atoms with Crippen LogP contribution in [0.1, 0.15) is 10.5 Å². The van der Waals surface area contributed by atoms with Crippen molar-refractivity contribution in [3.8, 4) is 0 Å². The van der Waals surface area contributed by atoms with E-state index in [1.54, 1.807) is 18.3 Å². The van der Waals surface area contributed by atoms with E-state index in [2.05, 4.69) is 10.3 Å². The van der Waals surface area contributed by atoms with Crippen LogP contribution in [0.15, 0.2) is 41.4 Å². The van der Waals surface area contributed by atoms with Gasteiger partial charge in [-0.25, -0.2) is 4.39 Å². The lowest BCUT2D eigenvalue weighted by atomic mass is 10.3. The lowest BCUT2D eigenvalue weighted by molar-refractivity contribution is -0.117. The molecule has 0 bridgehead atoms. The monoisotopic (exact) mass is 293 g/mol. The van der Waals surface area contributed by atoms with Gasteiger partial charge in [0.1, 0.15) is 11.5 Å². The van der Waals surface area contributed by atoms with Gasteiger partial charge in [0.2, 0.25) is 5.91 Å². The molecule has 2 aromatic rings. The zero-order valence-corrected chi connectivity index (χ0v) is 11.2. The summed E-state index contributed by atoms with van der Waals surface area (Å²) in [5, 5.41) is 2.22. The Balaban J connectivity index is 1.89. The fraction of sp³-hybridized carbons (Fsp3) is 0.0769. The average Bonchev–Trinajstić information content (AvgIpc) is 2.94. The second kappa shape index (κ2) is 6.25. The highest BCUT2D eigenvalue weighted by atomic mass is 32.2. The number of benzene rings is 1. The highest BCUT2D eigenvalue weighted by Crippen LogP contribution is 2.25. The van der Waals surface area contributed by atoms with Crippen LogP contribution in [0.5, 0.6) is 0 Å². The molecule has 2 amide bonds. The van der Waals surface area contributed by atoms with Crippen LogP contribution in [0.4, 0.5) is 10.1 Å². The first kappa shape index (κ1) is 14.1. The number of nitrogen functional groups attached to an aromatic ring is 1. The Bertz CT molecular complexity index is 629. The number of imide groups is 1. The van der Waals surface area contributed by atoms with Crippen LogP contribution in [0.2, 0.25) is 0 Å². The Morgan fingerprint density at radius 1 is 1.35 bits per heavy atom. The number of carbonyl (C=O) groups excluding carboxylic acids is 2. The van der Waals surface area contributed by atoms with Gasteiger partial charge in [-0.2, -0.15) is 0 Å². The second-order valence-corrected chi connectivity index (χ2v) is 4.95. The lowest BCUT2D eigenvalue weighted by Crippen LogP contribution is -2.32. The molecule has 1 heterocycles. The number of hydrogen-bond acceptors (Lipinski definition) is 4. The number of rotatable bonds is 4. The van der Waals surface area contributed by atoms with E-state index < -0.39 is 17.6 Å². The highest BCUT2D eigenvalue weighted by molar-refractivity contribution is 8.00. The predicted molar refractivity (Wildman–Crippen MR) is 74.8 cm³/mol. The van der Waals surface area contributed by atoms with Crippen molar-refractivity contribution in [1.29, 1.82) is 0 Å². The summed E-state index contributed by atoms with van der Waals surface area (Å²) in [5.41, 5.74) is 6.35. The standard InChI is InChI=1S/C13H12FN3O2S/c14-8-3-4-9(15)11(6-8)20-7-12(18)17-13(19)10-2-1-5-16-10/h1-6,16H,7,15H2,(H,17,18,19). The van der Waals surface area contributed by atoms with Crippen LogP contribution in [-0.4, -0.2) is 22.6 Å². The number of halogens is 1. The number of nitrogens with one attached hydrogen (secondary N) is 2. The van der Waals surface area contributed by atoms with Crippen LogP contribution in [0.3, 0.4) is 0 Å². The van der Waals surface area contributed by atoms with Gasteiger partial charge in [-0.3, -0.25) is 14.9 Å². The molecule has 5 nitrogen and oxygen atoms in total. The van der Waals surface area contributed by atoms with Gasteiger partial charge in [0.05, 0.1) is 5.75 Å². The van der Waals surface area contributed by atoms with E-state index in [-0.39, 0.29) is 5.75 Å². The van der Waals surface area contributed by atoms with Gasteiger partial charge in [0.25, 0.3) is 5.91 Å². The van der Waals surface area contributed by atoms with E-state index in [4.69, 9.17) is 5.73 Å². The SMILES string of the molecule is Nc1ccc(F)cc1SCC(=O)NC(=O)c1ccc[nH]1. The molecule has 20 heavy (non-hydrogen) atoms.